The minimum absolute atomic E-state index is 0.163. The lowest BCUT2D eigenvalue weighted by Gasteiger charge is -2.29. The summed E-state index contributed by atoms with van der Waals surface area (Å²) in [5, 5.41) is 10.4. The zero-order chi connectivity index (χ0) is 28.9. The fourth-order valence-corrected chi connectivity index (χ4v) is 5.02. The van der Waals surface area contributed by atoms with Gasteiger partial charge in [-0.3, -0.25) is 4.79 Å². The first-order chi connectivity index (χ1) is 19.1. The van der Waals surface area contributed by atoms with E-state index < -0.39 is 6.09 Å². The highest BCUT2D eigenvalue weighted by Crippen LogP contribution is 2.31. The maximum Gasteiger partial charge on any atom is 0.407 e. The van der Waals surface area contributed by atoms with E-state index in [0.717, 1.165) is 5.56 Å². The average molecular weight is 564 g/mol. The van der Waals surface area contributed by atoms with Crippen molar-refractivity contribution < 1.29 is 19.4 Å². The summed E-state index contributed by atoms with van der Waals surface area (Å²) in [5.74, 6) is 1.06. The van der Waals surface area contributed by atoms with Crippen LogP contribution in [-0.4, -0.2) is 71.5 Å². The number of thioether (sulfide) groups is 1. The maximum atomic E-state index is 13.6. The van der Waals surface area contributed by atoms with Gasteiger partial charge in [-0.05, 0) is 29.4 Å². The van der Waals surface area contributed by atoms with Crippen LogP contribution < -0.4 is 14.5 Å². The summed E-state index contributed by atoms with van der Waals surface area (Å²) >= 11 is 1.44. The molecule has 1 unspecified atom stereocenters. The fraction of sp³-hybridized carbons (Fsp3) is 0.400. The zero-order valence-electron chi connectivity index (χ0n) is 23.7. The molecular formula is C30H37N5O4S. The standard InChI is InChI=1S/C30H37N5O4S/c1-30(2,3)20-34(29(37)38)15-14-25(21-10-7-6-8-11-21)39-23-13-9-12-22(18-23)35-17-16-33(4)26-24(27(35)36)19-31-28(32-26)40-5/h6-13,18-19,25H,14-17,20H2,1-5H3,(H,37,38). The van der Waals surface area contributed by atoms with E-state index in [-0.39, 0.29) is 17.4 Å². The summed E-state index contributed by atoms with van der Waals surface area (Å²) < 4.78 is 6.48. The van der Waals surface area contributed by atoms with Gasteiger partial charge in [-0.25, -0.2) is 14.8 Å². The normalized spacial score (nSPS) is 14.4. The molecule has 212 valence electrons. The van der Waals surface area contributed by atoms with Gasteiger partial charge in [0.25, 0.3) is 5.91 Å². The molecule has 2 heterocycles. The summed E-state index contributed by atoms with van der Waals surface area (Å²) in [5.41, 5.74) is 1.96. The second-order valence-corrected chi connectivity index (χ2v) is 11.8. The molecule has 1 aliphatic heterocycles. The molecule has 1 aromatic heterocycles. The quantitative estimate of drug-likeness (QED) is 0.256. The molecule has 0 radical (unpaired) electrons. The predicted molar refractivity (Wildman–Crippen MR) is 159 cm³/mol. The van der Waals surface area contributed by atoms with Crippen molar-refractivity contribution >= 4 is 35.3 Å². The van der Waals surface area contributed by atoms with Crippen molar-refractivity contribution in [3.05, 3.63) is 71.9 Å². The van der Waals surface area contributed by atoms with E-state index in [1.165, 1.54) is 16.7 Å². The van der Waals surface area contributed by atoms with E-state index in [4.69, 9.17) is 4.74 Å². The highest BCUT2D eigenvalue weighted by atomic mass is 32.2. The van der Waals surface area contributed by atoms with Crippen molar-refractivity contribution in [3.63, 3.8) is 0 Å². The fourth-order valence-electron chi connectivity index (χ4n) is 4.68. The van der Waals surface area contributed by atoms with Crippen LogP contribution >= 0.6 is 11.8 Å². The minimum atomic E-state index is -0.942. The van der Waals surface area contributed by atoms with Crippen LogP contribution in [0.25, 0.3) is 0 Å². The Labute approximate surface area is 240 Å². The molecule has 0 saturated carbocycles. The topological polar surface area (TPSA) is 99.1 Å². The number of ether oxygens (including phenoxy) is 1. The Morgan fingerprint density at radius 2 is 1.90 bits per heavy atom. The summed E-state index contributed by atoms with van der Waals surface area (Å²) in [4.78, 5) is 39.6. The van der Waals surface area contributed by atoms with E-state index in [1.807, 2.05) is 93.6 Å². The molecule has 1 N–H and O–H groups in total. The van der Waals surface area contributed by atoms with Crippen molar-refractivity contribution in [2.75, 3.05) is 49.3 Å². The highest BCUT2D eigenvalue weighted by molar-refractivity contribution is 7.98. The molecule has 4 rings (SSSR count). The Morgan fingerprint density at radius 3 is 2.58 bits per heavy atom. The molecule has 40 heavy (non-hydrogen) atoms. The van der Waals surface area contributed by atoms with Gasteiger partial charge in [0.2, 0.25) is 0 Å². The number of hydrogen-bond donors (Lipinski definition) is 1. The van der Waals surface area contributed by atoms with Gasteiger partial charge >= 0.3 is 6.09 Å². The summed E-state index contributed by atoms with van der Waals surface area (Å²) in [6, 6.07) is 17.3. The molecule has 10 heteroatoms. The molecule has 2 aromatic carbocycles. The monoisotopic (exact) mass is 563 g/mol. The van der Waals surface area contributed by atoms with Crippen molar-refractivity contribution in [2.45, 2.75) is 38.5 Å². The molecular weight excluding hydrogens is 526 g/mol. The molecule has 0 bridgehead atoms. The summed E-state index contributed by atoms with van der Waals surface area (Å²) in [7, 11) is 1.93. The second kappa shape index (κ2) is 12.6. The van der Waals surface area contributed by atoms with E-state index in [1.54, 1.807) is 11.1 Å². The minimum Gasteiger partial charge on any atom is -0.486 e. The van der Waals surface area contributed by atoms with Crippen molar-refractivity contribution in [2.24, 2.45) is 5.41 Å². The first kappa shape index (κ1) is 29.2. The Hall–Kier alpha value is -3.79. The van der Waals surface area contributed by atoms with E-state index in [2.05, 4.69) is 9.97 Å². The predicted octanol–water partition coefficient (Wildman–Crippen LogP) is 5.83. The first-order valence-corrected chi connectivity index (χ1v) is 14.5. The first-order valence-electron chi connectivity index (χ1n) is 13.3. The average Bonchev–Trinajstić information content (AvgIpc) is 3.05. The van der Waals surface area contributed by atoms with Crippen LogP contribution in [0, 0.1) is 5.41 Å². The van der Waals surface area contributed by atoms with Crippen LogP contribution in [-0.2, 0) is 0 Å². The second-order valence-electron chi connectivity index (χ2n) is 11.0. The van der Waals surface area contributed by atoms with Crippen LogP contribution in [0.3, 0.4) is 0 Å². The van der Waals surface area contributed by atoms with Gasteiger partial charge < -0.3 is 24.5 Å². The third-order valence-corrected chi connectivity index (χ3v) is 7.16. The van der Waals surface area contributed by atoms with Crippen LogP contribution in [0.15, 0.2) is 66.0 Å². The molecule has 0 saturated heterocycles. The molecule has 1 atom stereocenters. The van der Waals surface area contributed by atoms with Crippen molar-refractivity contribution in [1.82, 2.24) is 14.9 Å². The number of aromatic nitrogens is 2. The number of carbonyl (C=O) groups is 2. The Bertz CT molecular complexity index is 1330. The van der Waals surface area contributed by atoms with Crippen LogP contribution in [0.5, 0.6) is 5.75 Å². The molecule has 9 nitrogen and oxygen atoms in total. The molecule has 3 aromatic rings. The van der Waals surface area contributed by atoms with Gasteiger partial charge in [0, 0.05) is 57.6 Å². The Kier molecular flexibility index (Phi) is 9.19. The number of rotatable bonds is 9. The number of carboxylic acid groups (broad SMARTS) is 1. The van der Waals surface area contributed by atoms with Gasteiger partial charge in [0.15, 0.2) is 5.16 Å². The largest absolute Gasteiger partial charge is 0.486 e. The molecule has 0 aliphatic carbocycles. The molecule has 0 fully saturated rings. The number of hydrogen-bond acceptors (Lipinski definition) is 7. The molecule has 0 spiro atoms. The van der Waals surface area contributed by atoms with E-state index >= 15 is 0 Å². The van der Waals surface area contributed by atoms with Crippen LogP contribution in [0.4, 0.5) is 16.3 Å². The summed E-state index contributed by atoms with van der Waals surface area (Å²) in [6.45, 7) is 7.91. The van der Waals surface area contributed by atoms with Crippen molar-refractivity contribution in [3.8, 4) is 5.75 Å². The Morgan fingerprint density at radius 1 is 1.15 bits per heavy atom. The number of benzene rings is 2. The van der Waals surface area contributed by atoms with Gasteiger partial charge in [-0.2, -0.15) is 0 Å². The third-order valence-electron chi connectivity index (χ3n) is 6.60. The molecule has 1 aliphatic rings. The Balaban J connectivity index is 1.58. The van der Waals surface area contributed by atoms with Gasteiger partial charge in [-0.1, -0.05) is 68.9 Å². The highest BCUT2D eigenvalue weighted by Gasteiger charge is 2.29. The molecule has 2 amide bonds. The smallest absolute Gasteiger partial charge is 0.407 e. The number of likely N-dealkylation sites (N-methyl/N-ethyl adjacent to an activating group) is 1. The van der Waals surface area contributed by atoms with E-state index in [0.29, 0.717) is 60.6 Å². The number of nitrogens with zero attached hydrogens (tertiary/aromatic N) is 5. The van der Waals surface area contributed by atoms with Crippen molar-refractivity contribution in [1.29, 1.82) is 0 Å². The maximum absolute atomic E-state index is 13.6. The van der Waals surface area contributed by atoms with Gasteiger partial charge in [-0.15, -0.1) is 0 Å². The lowest BCUT2D eigenvalue weighted by atomic mass is 9.96. The lowest BCUT2D eigenvalue weighted by molar-refractivity contribution is 0.0989. The number of amides is 2. The number of anilines is 2. The van der Waals surface area contributed by atoms with Crippen LogP contribution in [0.2, 0.25) is 0 Å². The lowest BCUT2D eigenvalue weighted by Crippen LogP contribution is -2.38. The summed E-state index contributed by atoms with van der Waals surface area (Å²) in [6.07, 6.45) is 2.67. The number of carbonyl (C=O) groups excluding carboxylic acids is 1. The van der Waals surface area contributed by atoms with Crippen LogP contribution in [0.1, 0.15) is 49.2 Å². The SMILES string of the molecule is CSc1ncc2c(n1)N(C)CCN(c1cccc(OC(CCN(CC(C)(C)C)C(=O)O)c3ccccc3)c1)C2=O. The number of fused-ring (bicyclic) bond motifs is 1. The third kappa shape index (κ3) is 7.24. The van der Waals surface area contributed by atoms with Gasteiger partial charge in [0.1, 0.15) is 23.2 Å². The van der Waals surface area contributed by atoms with E-state index in [9.17, 15) is 14.7 Å². The zero-order valence-corrected chi connectivity index (χ0v) is 24.5. The van der Waals surface area contributed by atoms with Gasteiger partial charge in [0.05, 0.1) is 0 Å².